The first-order valence-electron chi connectivity index (χ1n) is 5.56. The van der Waals surface area contributed by atoms with Crippen LogP contribution in [0, 0.1) is 0 Å². The minimum atomic E-state index is -0.0651. The Bertz CT molecular complexity index is 332. The van der Waals surface area contributed by atoms with Crippen molar-refractivity contribution >= 4 is 11.3 Å². The fraction of sp³-hybridized carbons (Fsp3) is 0.800. The van der Waals surface area contributed by atoms with Crippen molar-refractivity contribution < 1.29 is 9.84 Å². The van der Waals surface area contributed by atoms with Gasteiger partial charge >= 0.3 is 0 Å². The molecule has 1 saturated heterocycles. The molecule has 0 amide bonds. The average Bonchev–Trinajstić information content (AvgIpc) is 2.76. The Kier molecular flexibility index (Phi) is 4.09. The minimum absolute atomic E-state index is 0.0651. The van der Waals surface area contributed by atoms with Crippen molar-refractivity contribution in [3.8, 4) is 5.19 Å². The van der Waals surface area contributed by atoms with E-state index in [1.807, 2.05) is 0 Å². The van der Waals surface area contributed by atoms with Gasteiger partial charge in [-0.2, -0.15) is 0 Å². The molecule has 1 unspecified atom stereocenters. The highest BCUT2D eigenvalue weighted by Gasteiger charge is 2.19. The van der Waals surface area contributed by atoms with Gasteiger partial charge in [0.15, 0.2) is 0 Å². The SMILES string of the molecule is CN1CCCCC1COc1nnc(CO)s1. The molecule has 1 aliphatic rings. The molecular weight excluding hydrogens is 226 g/mol. The molecular formula is C10H17N3O2S. The smallest absolute Gasteiger partial charge is 0.294 e. The first kappa shape index (κ1) is 11.8. The molecule has 1 aromatic heterocycles. The summed E-state index contributed by atoms with van der Waals surface area (Å²) >= 11 is 1.31. The highest BCUT2D eigenvalue weighted by molar-refractivity contribution is 7.13. The Balaban J connectivity index is 1.81. The molecule has 1 aromatic rings. The summed E-state index contributed by atoms with van der Waals surface area (Å²) in [5.74, 6) is 0. The predicted octanol–water partition coefficient (Wildman–Crippen LogP) is 0.894. The first-order chi connectivity index (χ1) is 7.79. The summed E-state index contributed by atoms with van der Waals surface area (Å²) in [6.07, 6.45) is 3.74. The van der Waals surface area contributed by atoms with Crippen LogP contribution in [0.2, 0.25) is 0 Å². The Morgan fingerprint density at radius 2 is 2.38 bits per heavy atom. The summed E-state index contributed by atoms with van der Waals surface area (Å²) in [6.45, 7) is 1.74. The third kappa shape index (κ3) is 2.90. The van der Waals surface area contributed by atoms with Gasteiger partial charge in [-0.3, -0.25) is 0 Å². The second-order valence-electron chi connectivity index (χ2n) is 4.06. The third-order valence-electron chi connectivity index (χ3n) is 2.90. The molecule has 1 fully saturated rings. The van der Waals surface area contributed by atoms with E-state index in [4.69, 9.17) is 9.84 Å². The maximum absolute atomic E-state index is 8.85. The van der Waals surface area contributed by atoms with Crippen LogP contribution in [0.5, 0.6) is 5.19 Å². The summed E-state index contributed by atoms with van der Waals surface area (Å²) in [6, 6.07) is 0.482. The Morgan fingerprint density at radius 1 is 1.50 bits per heavy atom. The predicted molar refractivity (Wildman–Crippen MR) is 61.6 cm³/mol. The number of nitrogens with zero attached hydrogens (tertiary/aromatic N) is 3. The quantitative estimate of drug-likeness (QED) is 0.851. The number of aliphatic hydroxyl groups excluding tert-OH is 1. The molecule has 0 aromatic carbocycles. The fourth-order valence-electron chi connectivity index (χ4n) is 1.88. The van der Waals surface area contributed by atoms with Crippen molar-refractivity contribution in [2.45, 2.75) is 31.9 Å². The van der Waals surface area contributed by atoms with Crippen LogP contribution in [0.4, 0.5) is 0 Å². The van der Waals surface area contributed by atoms with Crippen molar-refractivity contribution in [2.24, 2.45) is 0 Å². The van der Waals surface area contributed by atoms with Crippen LogP contribution in [-0.2, 0) is 6.61 Å². The van der Waals surface area contributed by atoms with E-state index in [-0.39, 0.29) is 6.61 Å². The lowest BCUT2D eigenvalue weighted by Gasteiger charge is -2.31. The fourth-order valence-corrected chi connectivity index (χ4v) is 2.44. The Labute approximate surface area is 99.1 Å². The molecule has 90 valence electrons. The lowest BCUT2D eigenvalue weighted by atomic mass is 10.0. The van der Waals surface area contributed by atoms with E-state index in [1.165, 1.54) is 30.6 Å². The maximum Gasteiger partial charge on any atom is 0.294 e. The van der Waals surface area contributed by atoms with Gasteiger partial charge < -0.3 is 14.7 Å². The number of hydrogen-bond acceptors (Lipinski definition) is 6. The highest BCUT2D eigenvalue weighted by atomic mass is 32.1. The van der Waals surface area contributed by atoms with Crippen molar-refractivity contribution in [2.75, 3.05) is 20.2 Å². The van der Waals surface area contributed by atoms with E-state index >= 15 is 0 Å². The third-order valence-corrected chi connectivity index (χ3v) is 3.72. The number of hydrogen-bond donors (Lipinski definition) is 1. The van der Waals surface area contributed by atoms with Crippen LogP contribution in [0.25, 0.3) is 0 Å². The van der Waals surface area contributed by atoms with Gasteiger partial charge in [0.1, 0.15) is 11.6 Å². The molecule has 1 N–H and O–H groups in total. The van der Waals surface area contributed by atoms with Crippen LogP contribution in [0.3, 0.4) is 0 Å². The average molecular weight is 243 g/mol. The summed E-state index contributed by atoms with van der Waals surface area (Å²) in [7, 11) is 2.13. The molecule has 0 radical (unpaired) electrons. The summed E-state index contributed by atoms with van der Waals surface area (Å²) in [4.78, 5) is 2.33. The van der Waals surface area contributed by atoms with Gasteiger partial charge in [0.2, 0.25) is 0 Å². The monoisotopic (exact) mass is 243 g/mol. The van der Waals surface area contributed by atoms with Crippen molar-refractivity contribution in [1.82, 2.24) is 15.1 Å². The molecule has 16 heavy (non-hydrogen) atoms. The molecule has 0 spiro atoms. The number of ether oxygens (including phenoxy) is 1. The number of aliphatic hydroxyl groups is 1. The van der Waals surface area contributed by atoms with E-state index in [0.717, 1.165) is 6.54 Å². The molecule has 5 nitrogen and oxygen atoms in total. The molecule has 2 heterocycles. The molecule has 0 aliphatic carbocycles. The van der Waals surface area contributed by atoms with Gasteiger partial charge in [-0.15, -0.1) is 5.10 Å². The maximum atomic E-state index is 8.85. The number of aromatic nitrogens is 2. The number of piperidine rings is 1. The molecule has 0 bridgehead atoms. The standard InChI is InChI=1S/C10H17N3O2S/c1-13-5-3-2-4-8(13)7-15-10-12-11-9(6-14)16-10/h8,14H,2-7H2,1H3. The second-order valence-corrected chi connectivity index (χ2v) is 5.09. The second kappa shape index (κ2) is 5.56. The van der Waals surface area contributed by atoms with Gasteiger partial charge in [0, 0.05) is 6.04 Å². The largest absolute Gasteiger partial charge is 0.467 e. The highest BCUT2D eigenvalue weighted by Crippen LogP contribution is 2.20. The molecule has 2 rings (SSSR count). The minimum Gasteiger partial charge on any atom is -0.467 e. The lowest BCUT2D eigenvalue weighted by molar-refractivity contribution is 0.124. The first-order valence-corrected chi connectivity index (χ1v) is 6.37. The zero-order chi connectivity index (χ0) is 11.4. The van der Waals surface area contributed by atoms with Crippen LogP contribution in [-0.4, -0.2) is 46.4 Å². The zero-order valence-corrected chi connectivity index (χ0v) is 10.2. The van der Waals surface area contributed by atoms with E-state index in [0.29, 0.717) is 22.9 Å². The Morgan fingerprint density at radius 3 is 3.06 bits per heavy atom. The summed E-state index contributed by atoms with van der Waals surface area (Å²) in [5.41, 5.74) is 0. The van der Waals surface area contributed by atoms with Crippen molar-refractivity contribution in [3.05, 3.63) is 5.01 Å². The number of likely N-dealkylation sites (tertiary alicyclic amines) is 1. The molecule has 1 aliphatic heterocycles. The summed E-state index contributed by atoms with van der Waals surface area (Å²) < 4.78 is 5.59. The number of rotatable bonds is 4. The van der Waals surface area contributed by atoms with Crippen LogP contribution >= 0.6 is 11.3 Å². The molecule has 0 saturated carbocycles. The normalized spacial score (nSPS) is 22.2. The molecule has 6 heteroatoms. The van der Waals surface area contributed by atoms with Gasteiger partial charge in [-0.05, 0) is 26.4 Å². The van der Waals surface area contributed by atoms with Gasteiger partial charge in [-0.25, -0.2) is 0 Å². The number of likely N-dealkylation sites (N-methyl/N-ethyl adjacent to an activating group) is 1. The topological polar surface area (TPSA) is 58.5 Å². The van der Waals surface area contributed by atoms with E-state index in [1.54, 1.807) is 0 Å². The van der Waals surface area contributed by atoms with Crippen molar-refractivity contribution in [1.29, 1.82) is 0 Å². The van der Waals surface area contributed by atoms with E-state index in [9.17, 15) is 0 Å². The molecule has 1 atom stereocenters. The zero-order valence-electron chi connectivity index (χ0n) is 9.43. The van der Waals surface area contributed by atoms with Crippen LogP contribution < -0.4 is 4.74 Å². The van der Waals surface area contributed by atoms with Gasteiger partial charge in [0.05, 0.1) is 6.61 Å². The Hall–Kier alpha value is -0.720. The van der Waals surface area contributed by atoms with Crippen LogP contribution in [0.15, 0.2) is 0 Å². The van der Waals surface area contributed by atoms with Crippen LogP contribution in [0.1, 0.15) is 24.3 Å². The lowest BCUT2D eigenvalue weighted by Crippen LogP contribution is -2.40. The van der Waals surface area contributed by atoms with E-state index < -0.39 is 0 Å². The van der Waals surface area contributed by atoms with Gasteiger partial charge in [0.25, 0.3) is 5.19 Å². The van der Waals surface area contributed by atoms with Gasteiger partial charge in [-0.1, -0.05) is 22.9 Å². The summed E-state index contributed by atoms with van der Waals surface area (Å²) in [5, 5.41) is 17.7. The van der Waals surface area contributed by atoms with Crippen molar-refractivity contribution in [3.63, 3.8) is 0 Å². The van der Waals surface area contributed by atoms with E-state index in [2.05, 4.69) is 22.1 Å².